The minimum Gasteiger partial charge on any atom is -0.387 e. The molecule has 0 radical (unpaired) electrons. The zero-order chi connectivity index (χ0) is 14.8. The van der Waals surface area contributed by atoms with Crippen molar-refractivity contribution < 1.29 is 5.11 Å². The highest BCUT2D eigenvalue weighted by Crippen LogP contribution is 2.36. The molecule has 2 atom stereocenters. The highest BCUT2D eigenvalue weighted by Gasteiger charge is 2.27. The van der Waals surface area contributed by atoms with Gasteiger partial charge in [0.2, 0.25) is 0 Å². The maximum Gasteiger partial charge on any atom is 0.0931 e. The predicted octanol–water partition coefficient (Wildman–Crippen LogP) is 3.99. The van der Waals surface area contributed by atoms with Gasteiger partial charge in [-0.05, 0) is 37.1 Å². The predicted molar refractivity (Wildman–Crippen MR) is 86.5 cm³/mol. The van der Waals surface area contributed by atoms with Gasteiger partial charge < -0.3 is 5.11 Å². The van der Waals surface area contributed by atoms with Crippen molar-refractivity contribution in [3.8, 4) is 0 Å². The quantitative estimate of drug-likeness (QED) is 0.923. The van der Waals surface area contributed by atoms with E-state index >= 15 is 0 Å². The molecule has 1 aliphatic rings. The first-order valence-corrected chi connectivity index (χ1v) is 7.75. The SMILES string of the molecule is CN(C[C@@H](O)c1ccccc1Cl)[C@H]1CCc2ccccc21. The van der Waals surface area contributed by atoms with E-state index in [0.29, 0.717) is 17.6 Å². The van der Waals surface area contributed by atoms with Gasteiger partial charge in [0, 0.05) is 23.2 Å². The van der Waals surface area contributed by atoms with E-state index in [1.807, 2.05) is 24.3 Å². The Bertz CT molecular complexity index is 628. The monoisotopic (exact) mass is 301 g/mol. The van der Waals surface area contributed by atoms with E-state index in [-0.39, 0.29) is 0 Å². The lowest BCUT2D eigenvalue weighted by molar-refractivity contribution is 0.104. The molecule has 110 valence electrons. The van der Waals surface area contributed by atoms with Crippen molar-refractivity contribution in [2.45, 2.75) is 25.0 Å². The number of aliphatic hydroxyl groups is 1. The van der Waals surface area contributed by atoms with Crippen LogP contribution in [-0.2, 0) is 6.42 Å². The second-order valence-electron chi connectivity index (χ2n) is 5.73. The third-order valence-electron chi connectivity index (χ3n) is 4.36. The topological polar surface area (TPSA) is 23.5 Å². The molecule has 1 N–H and O–H groups in total. The Kier molecular flexibility index (Phi) is 4.29. The van der Waals surface area contributed by atoms with Crippen molar-refractivity contribution in [1.82, 2.24) is 4.90 Å². The summed E-state index contributed by atoms with van der Waals surface area (Å²) in [6, 6.07) is 16.5. The maximum absolute atomic E-state index is 10.5. The van der Waals surface area contributed by atoms with Crippen LogP contribution in [0.1, 0.15) is 35.3 Å². The first kappa shape index (κ1) is 14.6. The molecule has 0 saturated carbocycles. The molecule has 2 aromatic carbocycles. The standard InChI is InChI=1S/C18H20ClNO/c1-20(12-18(21)15-8-4-5-9-16(15)19)17-11-10-13-6-2-3-7-14(13)17/h2-9,17-18,21H,10-12H2,1H3/t17-,18+/m0/s1. The fourth-order valence-electron chi connectivity index (χ4n) is 3.24. The molecule has 21 heavy (non-hydrogen) atoms. The Morgan fingerprint density at radius 3 is 2.71 bits per heavy atom. The summed E-state index contributed by atoms with van der Waals surface area (Å²) in [5, 5.41) is 11.1. The summed E-state index contributed by atoms with van der Waals surface area (Å²) in [6.45, 7) is 0.586. The molecule has 0 aliphatic heterocycles. The number of hydrogen-bond acceptors (Lipinski definition) is 2. The van der Waals surface area contributed by atoms with Gasteiger partial charge >= 0.3 is 0 Å². The molecule has 0 fully saturated rings. The second-order valence-corrected chi connectivity index (χ2v) is 6.14. The van der Waals surface area contributed by atoms with Crippen molar-refractivity contribution in [3.63, 3.8) is 0 Å². The molecule has 0 unspecified atom stereocenters. The van der Waals surface area contributed by atoms with Crippen LogP contribution in [-0.4, -0.2) is 23.6 Å². The average Bonchev–Trinajstić information content (AvgIpc) is 2.91. The molecule has 0 saturated heterocycles. The van der Waals surface area contributed by atoms with Gasteiger partial charge in [-0.3, -0.25) is 4.90 Å². The summed E-state index contributed by atoms with van der Waals surface area (Å²) in [5.74, 6) is 0. The summed E-state index contributed by atoms with van der Waals surface area (Å²) < 4.78 is 0. The van der Waals surface area contributed by atoms with Gasteiger partial charge in [0.1, 0.15) is 0 Å². The number of aryl methyl sites for hydroxylation is 1. The maximum atomic E-state index is 10.5. The highest BCUT2D eigenvalue weighted by molar-refractivity contribution is 6.31. The van der Waals surface area contributed by atoms with Crippen LogP contribution in [0.4, 0.5) is 0 Å². The van der Waals surface area contributed by atoms with E-state index < -0.39 is 6.10 Å². The number of fused-ring (bicyclic) bond motifs is 1. The normalized spacial score (nSPS) is 18.8. The lowest BCUT2D eigenvalue weighted by Gasteiger charge is -2.28. The Balaban J connectivity index is 1.73. The fourth-order valence-corrected chi connectivity index (χ4v) is 3.50. The van der Waals surface area contributed by atoms with Crippen molar-refractivity contribution in [3.05, 3.63) is 70.2 Å². The number of hydrogen-bond donors (Lipinski definition) is 1. The van der Waals surface area contributed by atoms with Crippen LogP contribution in [0, 0.1) is 0 Å². The van der Waals surface area contributed by atoms with Gasteiger partial charge in [-0.1, -0.05) is 54.1 Å². The van der Waals surface area contributed by atoms with E-state index in [2.05, 4.69) is 36.2 Å². The fraction of sp³-hybridized carbons (Fsp3) is 0.333. The minimum absolute atomic E-state index is 0.387. The third kappa shape index (κ3) is 2.98. The number of rotatable bonds is 4. The molecule has 2 nitrogen and oxygen atoms in total. The van der Waals surface area contributed by atoms with Crippen LogP contribution in [0.5, 0.6) is 0 Å². The Morgan fingerprint density at radius 1 is 1.19 bits per heavy atom. The van der Waals surface area contributed by atoms with Crippen LogP contribution < -0.4 is 0 Å². The Hall–Kier alpha value is -1.35. The van der Waals surface area contributed by atoms with E-state index in [1.54, 1.807) is 0 Å². The molecular formula is C18H20ClNO. The van der Waals surface area contributed by atoms with E-state index in [9.17, 15) is 5.11 Å². The molecule has 0 aromatic heterocycles. The summed E-state index contributed by atoms with van der Waals surface area (Å²) in [6.07, 6.45) is 1.68. The van der Waals surface area contributed by atoms with Crippen LogP contribution in [0.2, 0.25) is 5.02 Å². The number of likely N-dealkylation sites (N-methyl/N-ethyl adjacent to an activating group) is 1. The molecule has 3 rings (SSSR count). The molecule has 0 bridgehead atoms. The van der Waals surface area contributed by atoms with Gasteiger partial charge in [-0.2, -0.15) is 0 Å². The van der Waals surface area contributed by atoms with E-state index in [0.717, 1.165) is 18.4 Å². The molecule has 2 aromatic rings. The lowest BCUT2D eigenvalue weighted by Crippen LogP contribution is -2.28. The van der Waals surface area contributed by atoms with Crippen LogP contribution in [0.3, 0.4) is 0 Å². The van der Waals surface area contributed by atoms with Crippen LogP contribution in [0.15, 0.2) is 48.5 Å². The summed E-state index contributed by atoms with van der Waals surface area (Å²) in [4.78, 5) is 2.24. The summed E-state index contributed by atoms with van der Waals surface area (Å²) in [5.41, 5.74) is 3.63. The Labute approximate surface area is 131 Å². The molecule has 0 amide bonds. The van der Waals surface area contributed by atoms with Gasteiger partial charge in [-0.15, -0.1) is 0 Å². The van der Waals surface area contributed by atoms with Crippen molar-refractivity contribution in [2.75, 3.05) is 13.6 Å². The van der Waals surface area contributed by atoms with E-state index in [4.69, 9.17) is 11.6 Å². The van der Waals surface area contributed by atoms with Crippen LogP contribution >= 0.6 is 11.6 Å². The average molecular weight is 302 g/mol. The van der Waals surface area contributed by atoms with Gasteiger partial charge in [0.15, 0.2) is 0 Å². The zero-order valence-electron chi connectivity index (χ0n) is 12.2. The van der Waals surface area contributed by atoms with Gasteiger partial charge in [0.25, 0.3) is 0 Å². The van der Waals surface area contributed by atoms with Crippen molar-refractivity contribution >= 4 is 11.6 Å². The van der Waals surface area contributed by atoms with Crippen LogP contribution in [0.25, 0.3) is 0 Å². The molecule has 3 heteroatoms. The highest BCUT2D eigenvalue weighted by atomic mass is 35.5. The minimum atomic E-state index is -0.559. The molecule has 1 aliphatic carbocycles. The summed E-state index contributed by atoms with van der Waals surface area (Å²) >= 11 is 6.16. The first-order chi connectivity index (χ1) is 10.2. The molecular weight excluding hydrogens is 282 g/mol. The Morgan fingerprint density at radius 2 is 1.90 bits per heavy atom. The largest absolute Gasteiger partial charge is 0.387 e. The number of nitrogens with zero attached hydrogens (tertiary/aromatic N) is 1. The summed E-state index contributed by atoms with van der Waals surface area (Å²) in [7, 11) is 2.08. The van der Waals surface area contributed by atoms with Gasteiger partial charge in [0.05, 0.1) is 6.10 Å². The van der Waals surface area contributed by atoms with Crippen molar-refractivity contribution in [2.24, 2.45) is 0 Å². The number of halogens is 1. The van der Waals surface area contributed by atoms with Crippen molar-refractivity contribution in [1.29, 1.82) is 0 Å². The second kappa shape index (κ2) is 6.18. The number of benzene rings is 2. The van der Waals surface area contributed by atoms with E-state index in [1.165, 1.54) is 11.1 Å². The lowest BCUT2D eigenvalue weighted by atomic mass is 10.1. The third-order valence-corrected chi connectivity index (χ3v) is 4.70. The smallest absolute Gasteiger partial charge is 0.0931 e. The van der Waals surface area contributed by atoms with Gasteiger partial charge in [-0.25, -0.2) is 0 Å². The first-order valence-electron chi connectivity index (χ1n) is 7.37. The number of aliphatic hydroxyl groups excluding tert-OH is 1. The zero-order valence-corrected chi connectivity index (χ0v) is 12.9. The molecule has 0 heterocycles. The molecule has 0 spiro atoms.